The molecular formula is C18H28IN3O. The maximum atomic E-state index is 5.55. The van der Waals surface area contributed by atoms with Gasteiger partial charge in [-0.15, -0.1) is 24.0 Å². The largest absolute Gasteiger partial charge is 0.496 e. The number of likely N-dealkylation sites (tertiary alicyclic amines) is 1. The summed E-state index contributed by atoms with van der Waals surface area (Å²) in [5.74, 6) is 2.09. The molecule has 1 saturated carbocycles. The Morgan fingerprint density at radius 2 is 1.96 bits per heavy atom. The lowest BCUT2D eigenvalue weighted by Crippen LogP contribution is -2.40. The molecule has 0 aromatic heterocycles. The van der Waals surface area contributed by atoms with Gasteiger partial charge in [-0.25, -0.2) is 0 Å². The second-order valence-corrected chi connectivity index (χ2v) is 6.34. The van der Waals surface area contributed by atoms with E-state index >= 15 is 0 Å². The van der Waals surface area contributed by atoms with E-state index in [1.807, 2.05) is 6.07 Å². The minimum absolute atomic E-state index is 0. The first-order chi connectivity index (χ1) is 10.8. The fourth-order valence-corrected chi connectivity index (χ4v) is 3.33. The van der Waals surface area contributed by atoms with Crippen molar-refractivity contribution in [2.75, 3.05) is 33.3 Å². The maximum absolute atomic E-state index is 5.55. The Bertz CT molecular complexity index is 537. The fraction of sp³-hybridized carbons (Fsp3) is 0.611. The summed E-state index contributed by atoms with van der Waals surface area (Å²) >= 11 is 0. The zero-order valence-electron chi connectivity index (χ0n) is 14.2. The molecule has 1 aromatic carbocycles. The highest BCUT2D eigenvalue weighted by Gasteiger charge is 2.46. The van der Waals surface area contributed by atoms with Crippen LogP contribution in [-0.2, 0) is 5.41 Å². The highest BCUT2D eigenvalue weighted by Crippen LogP contribution is 2.51. The SMILES string of the molecule is CCNC(=NCC1(c2ccccc2OC)CC1)N1CCCC1.I. The van der Waals surface area contributed by atoms with E-state index in [0.29, 0.717) is 0 Å². The predicted molar refractivity (Wildman–Crippen MR) is 106 cm³/mol. The Morgan fingerprint density at radius 3 is 2.57 bits per heavy atom. The van der Waals surface area contributed by atoms with E-state index in [0.717, 1.165) is 37.9 Å². The third-order valence-electron chi connectivity index (χ3n) is 4.80. The van der Waals surface area contributed by atoms with Gasteiger partial charge in [-0.1, -0.05) is 18.2 Å². The first-order valence-corrected chi connectivity index (χ1v) is 8.46. The molecule has 3 rings (SSSR count). The molecule has 0 bridgehead atoms. The third kappa shape index (κ3) is 4.11. The van der Waals surface area contributed by atoms with Crippen molar-refractivity contribution in [2.24, 2.45) is 4.99 Å². The molecule has 1 saturated heterocycles. The van der Waals surface area contributed by atoms with Crippen LogP contribution >= 0.6 is 24.0 Å². The van der Waals surface area contributed by atoms with E-state index in [4.69, 9.17) is 9.73 Å². The van der Waals surface area contributed by atoms with E-state index in [1.165, 1.54) is 31.2 Å². The molecule has 1 heterocycles. The summed E-state index contributed by atoms with van der Waals surface area (Å²) < 4.78 is 5.55. The van der Waals surface area contributed by atoms with E-state index in [-0.39, 0.29) is 29.4 Å². The quantitative estimate of drug-likeness (QED) is 0.443. The number of hydrogen-bond acceptors (Lipinski definition) is 2. The van der Waals surface area contributed by atoms with Crippen molar-refractivity contribution in [3.8, 4) is 5.75 Å². The number of hydrogen-bond donors (Lipinski definition) is 1. The van der Waals surface area contributed by atoms with Gasteiger partial charge in [0, 0.05) is 30.6 Å². The van der Waals surface area contributed by atoms with Gasteiger partial charge in [0.25, 0.3) is 0 Å². The molecule has 2 fully saturated rings. The number of nitrogens with one attached hydrogen (secondary N) is 1. The van der Waals surface area contributed by atoms with Crippen molar-refractivity contribution >= 4 is 29.9 Å². The highest BCUT2D eigenvalue weighted by atomic mass is 127. The van der Waals surface area contributed by atoms with Crippen LogP contribution in [0, 0.1) is 0 Å². The predicted octanol–water partition coefficient (Wildman–Crippen LogP) is 3.41. The van der Waals surface area contributed by atoms with Crippen molar-refractivity contribution in [2.45, 2.75) is 38.0 Å². The molecular weight excluding hydrogens is 401 g/mol. The van der Waals surface area contributed by atoms with Crippen LogP contribution in [0.1, 0.15) is 38.2 Å². The van der Waals surface area contributed by atoms with Crippen molar-refractivity contribution in [3.05, 3.63) is 29.8 Å². The number of ether oxygens (including phenoxy) is 1. The van der Waals surface area contributed by atoms with Crippen LogP contribution in [0.25, 0.3) is 0 Å². The van der Waals surface area contributed by atoms with Gasteiger partial charge >= 0.3 is 0 Å². The number of nitrogens with zero attached hydrogens (tertiary/aromatic N) is 2. The van der Waals surface area contributed by atoms with Gasteiger partial charge in [-0.2, -0.15) is 0 Å². The van der Waals surface area contributed by atoms with Crippen molar-refractivity contribution in [3.63, 3.8) is 0 Å². The second kappa shape index (κ2) is 8.22. The zero-order valence-corrected chi connectivity index (χ0v) is 16.5. The zero-order chi connectivity index (χ0) is 15.4. The number of aliphatic imine (C=N–C) groups is 1. The number of para-hydroxylation sites is 1. The molecule has 0 amide bonds. The lowest BCUT2D eigenvalue weighted by atomic mass is 9.95. The minimum Gasteiger partial charge on any atom is -0.496 e. The number of guanidine groups is 1. The van der Waals surface area contributed by atoms with E-state index in [2.05, 4.69) is 35.3 Å². The lowest BCUT2D eigenvalue weighted by Gasteiger charge is -2.23. The van der Waals surface area contributed by atoms with Crippen LogP contribution in [0.3, 0.4) is 0 Å². The molecule has 2 aliphatic rings. The number of methoxy groups -OCH3 is 1. The molecule has 5 heteroatoms. The Kier molecular flexibility index (Phi) is 6.56. The molecule has 0 unspecified atom stereocenters. The Morgan fingerprint density at radius 1 is 1.26 bits per heavy atom. The topological polar surface area (TPSA) is 36.9 Å². The molecule has 1 aromatic rings. The Labute approximate surface area is 156 Å². The summed E-state index contributed by atoms with van der Waals surface area (Å²) in [7, 11) is 1.76. The van der Waals surface area contributed by atoms with Gasteiger partial charge in [0.15, 0.2) is 5.96 Å². The summed E-state index contributed by atoms with van der Waals surface area (Å²) in [5, 5.41) is 3.45. The first kappa shape index (κ1) is 18.4. The summed E-state index contributed by atoms with van der Waals surface area (Å²) in [6.45, 7) is 6.18. The van der Waals surface area contributed by atoms with E-state index in [9.17, 15) is 0 Å². The lowest BCUT2D eigenvalue weighted by molar-refractivity contribution is 0.404. The van der Waals surface area contributed by atoms with E-state index in [1.54, 1.807) is 7.11 Å². The smallest absolute Gasteiger partial charge is 0.193 e. The Balaban J connectivity index is 0.00000192. The number of benzene rings is 1. The minimum atomic E-state index is 0. The molecule has 1 aliphatic heterocycles. The number of rotatable bonds is 5. The summed E-state index contributed by atoms with van der Waals surface area (Å²) in [5.41, 5.74) is 1.51. The molecule has 128 valence electrons. The Hall–Kier alpha value is -0.980. The molecule has 1 aliphatic carbocycles. The van der Waals surface area contributed by atoms with Crippen LogP contribution in [0.2, 0.25) is 0 Å². The average molecular weight is 429 g/mol. The van der Waals surface area contributed by atoms with Crippen LogP contribution < -0.4 is 10.1 Å². The summed E-state index contributed by atoms with van der Waals surface area (Å²) in [6.07, 6.45) is 4.97. The van der Waals surface area contributed by atoms with Gasteiger partial charge in [0.05, 0.1) is 13.7 Å². The van der Waals surface area contributed by atoms with E-state index < -0.39 is 0 Å². The summed E-state index contributed by atoms with van der Waals surface area (Å²) in [4.78, 5) is 7.35. The molecule has 0 radical (unpaired) electrons. The molecule has 0 spiro atoms. The van der Waals surface area contributed by atoms with Crippen LogP contribution in [0.15, 0.2) is 29.3 Å². The van der Waals surface area contributed by atoms with Crippen LogP contribution in [0.4, 0.5) is 0 Å². The van der Waals surface area contributed by atoms with Crippen molar-refractivity contribution in [1.29, 1.82) is 0 Å². The standard InChI is InChI=1S/C18H27N3O.HI/c1-3-19-17(21-12-6-7-13-21)20-14-18(10-11-18)15-8-4-5-9-16(15)22-2;/h4-5,8-9H,3,6-7,10-14H2,1-2H3,(H,19,20);1H. The summed E-state index contributed by atoms with van der Waals surface area (Å²) in [6, 6.07) is 8.40. The van der Waals surface area contributed by atoms with Gasteiger partial charge in [-0.3, -0.25) is 4.99 Å². The average Bonchev–Trinajstić information content (AvgIpc) is 3.15. The molecule has 0 atom stereocenters. The van der Waals surface area contributed by atoms with Crippen molar-refractivity contribution < 1.29 is 4.74 Å². The van der Waals surface area contributed by atoms with Gasteiger partial charge in [0.2, 0.25) is 0 Å². The van der Waals surface area contributed by atoms with Crippen molar-refractivity contribution in [1.82, 2.24) is 10.2 Å². The maximum Gasteiger partial charge on any atom is 0.193 e. The van der Waals surface area contributed by atoms with Crippen LogP contribution in [0.5, 0.6) is 5.75 Å². The van der Waals surface area contributed by atoms with Crippen LogP contribution in [-0.4, -0.2) is 44.1 Å². The number of halogens is 1. The fourth-order valence-electron chi connectivity index (χ4n) is 3.33. The molecule has 1 N–H and O–H groups in total. The first-order valence-electron chi connectivity index (χ1n) is 8.46. The third-order valence-corrected chi connectivity index (χ3v) is 4.80. The molecule has 4 nitrogen and oxygen atoms in total. The second-order valence-electron chi connectivity index (χ2n) is 6.34. The molecule has 23 heavy (non-hydrogen) atoms. The monoisotopic (exact) mass is 429 g/mol. The normalized spacial score (nSPS) is 19.2. The van der Waals surface area contributed by atoms with Gasteiger partial charge in [0.1, 0.15) is 5.75 Å². The van der Waals surface area contributed by atoms with Gasteiger partial charge < -0.3 is 15.0 Å². The highest BCUT2D eigenvalue weighted by molar-refractivity contribution is 14.0. The van der Waals surface area contributed by atoms with Gasteiger partial charge in [-0.05, 0) is 38.7 Å².